The van der Waals surface area contributed by atoms with Gasteiger partial charge in [-0.05, 0) is 24.6 Å². The molecule has 0 saturated heterocycles. The van der Waals surface area contributed by atoms with Crippen molar-refractivity contribution in [1.82, 2.24) is 9.97 Å². The SMILES string of the molecule is N#Cc1c(-c2ccnc(NCCCO)n2)sc(C(N)=NC=N)c1-c1ccc(Cl)cc1Cl. The summed E-state index contributed by atoms with van der Waals surface area (Å²) in [5.41, 5.74) is 8.02. The number of rotatable bonds is 8. The number of aliphatic hydroxyl groups is 1. The second-order valence-electron chi connectivity index (χ2n) is 6.16. The van der Waals surface area contributed by atoms with Crippen molar-refractivity contribution in [3.05, 3.63) is 50.9 Å². The van der Waals surface area contributed by atoms with Crippen LogP contribution in [0.4, 0.5) is 5.95 Å². The normalized spacial score (nSPS) is 11.2. The van der Waals surface area contributed by atoms with Gasteiger partial charge in [0.15, 0.2) is 0 Å². The molecule has 2 heterocycles. The van der Waals surface area contributed by atoms with Crippen LogP contribution < -0.4 is 11.1 Å². The van der Waals surface area contributed by atoms with E-state index in [0.717, 1.165) is 6.34 Å². The number of nitrogens with one attached hydrogen (secondary N) is 2. The summed E-state index contributed by atoms with van der Waals surface area (Å²) in [6.45, 7) is 0.557. The molecule has 0 fully saturated rings. The molecule has 0 saturated carbocycles. The van der Waals surface area contributed by atoms with Gasteiger partial charge in [0.05, 0.1) is 21.0 Å². The van der Waals surface area contributed by atoms with Crippen molar-refractivity contribution in [3.63, 3.8) is 0 Å². The smallest absolute Gasteiger partial charge is 0.223 e. The quantitative estimate of drug-likeness (QED) is 0.219. The summed E-state index contributed by atoms with van der Waals surface area (Å²) in [6, 6.07) is 8.87. The zero-order chi connectivity index (χ0) is 22.4. The van der Waals surface area contributed by atoms with Gasteiger partial charge in [0.2, 0.25) is 5.95 Å². The number of nitriles is 1. The van der Waals surface area contributed by atoms with E-state index in [-0.39, 0.29) is 12.4 Å². The number of hydrogen-bond donors (Lipinski definition) is 4. The number of thiophene rings is 1. The molecule has 0 aliphatic heterocycles. The second-order valence-corrected chi connectivity index (χ2v) is 8.02. The first kappa shape index (κ1) is 22.7. The lowest BCUT2D eigenvalue weighted by Crippen LogP contribution is -2.12. The predicted molar refractivity (Wildman–Crippen MR) is 125 cm³/mol. The van der Waals surface area contributed by atoms with Gasteiger partial charge >= 0.3 is 0 Å². The summed E-state index contributed by atoms with van der Waals surface area (Å²) in [6.07, 6.45) is 2.96. The van der Waals surface area contributed by atoms with Crippen molar-refractivity contribution < 1.29 is 5.11 Å². The first-order chi connectivity index (χ1) is 15.0. The molecule has 0 unspecified atom stereocenters. The van der Waals surface area contributed by atoms with Crippen LogP contribution in [0.15, 0.2) is 35.5 Å². The largest absolute Gasteiger partial charge is 0.396 e. The molecular weight excluding hydrogens is 457 g/mol. The van der Waals surface area contributed by atoms with Crippen molar-refractivity contribution in [3.8, 4) is 27.8 Å². The van der Waals surface area contributed by atoms with Gasteiger partial charge in [0.25, 0.3) is 0 Å². The van der Waals surface area contributed by atoms with Gasteiger partial charge in [-0.3, -0.25) is 5.41 Å². The number of amidine groups is 1. The molecule has 2 aromatic heterocycles. The first-order valence-corrected chi connectivity index (χ1v) is 10.6. The zero-order valence-corrected chi connectivity index (χ0v) is 18.4. The Balaban J connectivity index is 2.21. The van der Waals surface area contributed by atoms with Crippen molar-refractivity contribution in [2.75, 3.05) is 18.5 Å². The molecule has 0 bridgehead atoms. The van der Waals surface area contributed by atoms with E-state index in [1.165, 1.54) is 11.3 Å². The van der Waals surface area contributed by atoms with Crippen LogP contribution in [0.3, 0.4) is 0 Å². The highest BCUT2D eigenvalue weighted by Crippen LogP contribution is 2.44. The molecule has 0 radical (unpaired) electrons. The third-order valence-corrected chi connectivity index (χ3v) is 5.95. The number of hydrogen-bond acceptors (Lipinski definition) is 7. The Hall–Kier alpha value is -3.03. The molecule has 0 atom stereocenters. The average Bonchev–Trinajstić information content (AvgIpc) is 3.14. The van der Waals surface area contributed by atoms with E-state index in [2.05, 4.69) is 26.3 Å². The van der Waals surface area contributed by atoms with Crippen LogP contribution in [0.1, 0.15) is 16.9 Å². The Morgan fingerprint density at radius 1 is 1.39 bits per heavy atom. The van der Waals surface area contributed by atoms with Crippen LogP contribution >= 0.6 is 34.5 Å². The number of aromatic nitrogens is 2. The number of benzene rings is 1. The predicted octanol–water partition coefficient (Wildman–Crippen LogP) is 4.16. The number of nitrogens with two attached hydrogens (primary N) is 1. The molecule has 5 N–H and O–H groups in total. The number of aliphatic imine (C=N–C) groups is 1. The molecule has 0 aliphatic carbocycles. The Labute approximate surface area is 192 Å². The van der Waals surface area contributed by atoms with E-state index in [1.54, 1.807) is 30.5 Å². The maximum Gasteiger partial charge on any atom is 0.223 e. The van der Waals surface area contributed by atoms with E-state index in [9.17, 15) is 5.26 Å². The third-order valence-electron chi connectivity index (χ3n) is 4.16. The van der Waals surface area contributed by atoms with E-state index in [0.29, 0.717) is 61.1 Å². The van der Waals surface area contributed by atoms with Crippen LogP contribution in [-0.4, -0.2) is 40.4 Å². The third kappa shape index (κ3) is 5.00. The highest BCUT2D eigenvalue weighted by molar-refractivity contribution is 7.18. The zero-order valence-electron chi connectivity index (χ0n) is 16.1. The summed E-state index contributed by atoms with van der Waals surface area (Å²) in [7, 11) is 0. The topological polar surface area (TPSA) is 144 Å². The molecule has 158 valence electrons. The van der Waals surface area contributed by atoms with Crippen molar-refractivity contribution in [1.29, 1.82) is 10.7 Å². The summed E-state index contributed by atoms with van der Waals surface area (Å²) >= 11 is 13.7. The van der Waals surface area contributed by atoms with Crippen LogP contribution in [0, 0.1) is 16.7 Å². The molecule has 31 heavy (non-hydrogen) atoms. The molecular formula is C20H17Cl2N7OS. The molecule has 0 aliphatic rings. The maximum atomic E-state index is 10.0. The molecule has 8 nitrogen and oxygen atoms in total. The van der Waals surface area contributed by atoms with Crippen LogP contribution in [0.5, 0.6) is 0 Å². The fourth-order valence-electron chi connectivity index (χ4n) is 2.83. The fourth-order valence-corrected chi connectivity index (χ4v) is 4.47. The van der Waals surface area contributed by atoms with E-state index >= 15 is 0 Å². The van der Waals surface area contributed by atoms with Gasteiger partial charge in [-0.1, -0.05) is 29.3 Å². The van der Waals surface area contributed by atoms with Gasteiger partial charge in [-0.2, -0.15) is 5.26 Å². The number of anilines is 1. The van der Waals surface area contributed by atoms with Crippen LogP contribution in [-0.2, 0) is 0 Å². The van der Waals surface area contributed by atoms with Gasteiger partial charge in [-0.25, -0.2) is 15.0 Å². The summed E-state index contributed by atoms with van der Waals surface area (Å²) in [4.78, 5) is 13.6. The Morgan fingerprint density at radius 3 is 2.87 bits per heavy atom. The Bertz CT molecular complexity index is 1190. The highest BCUT2D eigenvalue weighted by Gasteiger charge is 2.25. The lowest BCUT2D eigenvalue weighted by Gasteiger charge is -2.07. The van der Waals surface area contributed by atoms with Crippen molar-refractivity contribution in [2.24, 2.45) is 10.7 Å². The van der Waals surface area contributed by atoms with Crippen LogP contribution in [0.25, 0.3) is 21.7 Å². The van der Waals surface area contributed by atoms with E-state index in [1.807, 2.05) is 0 Å². The lowest BCUT2D eigenvalue weighted by molar-refractivity contribution is 0.292. The second kappa shape index (κ2) is 10.3. The van der Waals surface area contributed by atoms with Crippen LogP contribution in [0.2, 0.25) is 10.0 Å². The molecule has 0 amide bonds. The number of nitrogens with zero attached hydrogens (tertiary/aromatic N) is 4. The highest BCUT2D eigenvalue weighted by atomic mass is 35.5. The maximum absolute atomic E-state index is 10.0. The summed E-state index contributed by atoms with van der Waals surface area (Å²) in [5, 5.41) is 30.1. The molecule has 1 aromatic carbocycles. The minimum Gasteiger partial charge on any atom is -0.396 e. The monoisotopic (exact) mass is 473 g/mol. The Morgan fingerprint density at radius 2 is 2.19 bits per heavy atom. The number of aliphatic hydroxyl groups excluding tert-OH is 1. The van der Waals surface area contributed by atoms with Gasteiger partial charge < -0.3 is 16.2 Å². The standard InChI is InChI=1S/C20H17Cl2N7OS/c21-11-2-3-12(14(22)8-11)16-13(9-23)17(31-18(16)19(25)28-10-24)15-4-6-27-20(29-15)26-5-1-7-30/h2-4,6,8,10,30H,1,5,7H2,(H3,24,25,28)(H,26,27,29). The summed E-state index contributed by atoms with van der Waals surface area (Å²) in [5.74, 6) is 0.455. The van der Waals surface area contributed by atoms with E-state index < -0.39 is 0 Å². The molecule has 3 rings (SSSR count). The Kier molecular flexibility index (Phi) is 7.55. The van der Waals surface area contributed by atoms with Gasteiger partial charge in [0.1, 0.15) is 18.2 Å². The molecule has 11 heteroatoms. The fraction of sp³-hybridized carbons (Fsp3) is 0.150. The number of halogens is 2. The minimum absolute atomic E-state index is 0.0520. The van der Waals surface area contributed by atoms with Gasteiger partial charge in [0, 0.05) is 40.5 Å². The minimum atomic E-state index is 0.0520. The summed E-state index contributed by atoms with van der Waals surface area (Å²) < 4.78 is 0. The average molecular weight is 474 g/mol. The van der Waals surface area contributed by atoms with E-state index in [4.69, 9.17) is 39.5 Å². The van der Waals surface area contributed by atoms with Crippen molar-refractivity contribution in [2.45, 2.75) is 6.42 Å². The van der Waals surface area contributed by atoms with Gasteiger partial charge in [-0.15, -0.1) is 11.3 Å². The molecule has 3 aromatic rings. The first-order valence-electron chi connectivity index (χ1n) is 9.03. The van der Waals surface area contributed by atoms with Crippen molar-refractivity contribution >= 4 is 52.7 Å². The molecule has 0 spiro atoms. The lowest BCUT2D eigenvalue weighted by atomic mass is 9.99.